The molecule has 0 saturated carbocycles. The van der Waals surface area contributed by atoms with Crippen LogP contribution in [0.25, 0.3) is 0 Å². The van der Waals surface area contributed by atoms with Gasteiger partial charge < -0.3 is 14.5 Å². The van der Waals surface area contributed by atoms with Crippen molar-refractivity contribution in [2.45, 2.75) is 32.6 Å². The summed E-state index contributed by atoms with van der Waals surface area (Å²) in [5.41, 5.74) is 2.63. The third-order valence-corrected chi connectivity index (χ3v) is 6.08. The normalized spacial score (nSPS) is 19.0. The largest absolute Gasteiger partial charge is 0.493 e. The van der Waals surface area contributed by atoms with Crippen LogP contribution in [0.5, 0.6) is 5.75 Å². The quantitative estimate of drug-likeness (QED) is 0.749. The van der Waals surface area contributed by atoms with E-state index in [9.17, 15) is 9.59 Å². The zero-order chi connectivity index (χ0) is 20.9. The van der Waals surface area contributed by atoms with Crippen molar-refractivity contribution in [1.29, 1.82) is 0 Å². The highest BCUT2D eigenvalue weighted by Crippen LogP contribution is 2.22. The molecule has 1 atom stereocenters. The highest BCUT2D eigenvalue weighted by Gasteiger charge is 2.25. The fraction of sp³-hybridized carbons (Fsp3) is 0.440. The van der Waals surface area contributed by atoms with Gasteiger partial charge in [0.15, 0.2) is 0 Å². The second-order valence-electron chi connectivity index (χ2n) is 8.46. The highest BCUT2D eigenvalue weighted by molar-refractivity contribution is 5.95. The fourth-order valence-corrected chi connectivity index (χ4v) is 4.27. The van der Waals surface area contributed by atoms with E-state index in [1.165, 1.54) is 0 Å². The first-order valence-corrected chi connectivity index (χ1v) is 11.0. The molecule has 5 heteroatoms. The molecule has 30 heavy (non-hydrogen) atoms. The average molecular weight is 407 g/mol. The number of carbonyl (C=O) groups excluding carboxylic acids is 2. The zero-order valence-electron chi connectivity index (χ0n) is 17.7. The number of hydrogen-bond acceptors (Lipinski definition) is 3. The van der Waals surface area contributed by atoms with Crippen molar-refractivity contribution in [3.63, 3.8) is 0 Å². The molecule has 0 N–H and O–H groups in total. The first-order chi connectivity index (χ1) is 14.6. The first kappa shape index (κ1) is 20.5. The van der Waals surface area contributed by atoms with E-state index in [-0.39, 0.29) is 11.8 Å². The molecule has 0 unspecified atom stereocenters. The van der Waals surface area contributed by atoms with Crippen LogP contribution in [0.2, 0.25) is 0 Å². The smallest absolute Gasteiger partial charge is 0.253 e. The van der Waals surface area contributed by atoms with E-state index in [4.69, 9.17) is 4.74 Å². The van der Waals surface area contributed by atoms with Gasteiger partial charge in [0.2, 0.25) is 0 Å². The second-order valence-corrected chi connectivity index (χ2v) is 8.46. The third-order valence-electron chi connectivity index (χ3n) is 6.08. The van der Waals surface area contributed by atoms with Crippen molar-refractivity contribution < 1.29 is 14.3 Å². The number of rotatable bonds is 5. The standard InChI is InChI=1S/C25H30N2O3/c1-19-6-8-21(9-7-19)25(29)27-16-4-5-20(17-27)18-30-23-12-10-22(11-13-23)24(28)26-14-2-3-15-26/h6-13,20H,2-5,14-18H2,1H3/t20-/m1/s1. The minimum atomic E-state index is 0.101. The monoisotopic (exact) mass is 406 g/mol. The van der Waals surface area contributed by atoms with Crippen LogP contribution in [0, 0.1) is 12.8 Å². The summed E-state index contributed by atoms with van der Waals surface area (Å²) in [6.45, 7) is 5.84. The Morgan fingerprint density at radius 1 is 0.833 bits per heavy atom. The van der Waals surface area contributed by atoms with Crippen molar-refractivity contribution in [2.24, 2.45) is 5.92 Å². The van der Waals surface area contributed by atoms with Gasteiger partial charge in [-0.15, -0.1) is 0 Å². The lowest BCUT2D eigenvalue weighted by molar-refractivity contribution is 0.0633. The molecule has 2 saturated heterocycles. The number of benzene rings is 2. The second kappa shape index (κ2) is 9.33. The topological polar surface area (TPSA) is 49.9 Å². The lowest BCUT2D eigenvalue weighted by atomic mass is 9.98. The third kappa shape index (κ3) is 4.84. The van der Waals surface area contributed by atoms with E-state index in [0.29, 0.717) is 12.5 Å². The fourth-order valence-electron chi connectivity index (χ4n) is 4.27. The molecule has 2 aromatic carbocycles. The first-order valence-electron chi connectivity index (χ1n) is 11.0. The Morgan fingerprint density at radius 2 is 1.40 bits per heavy atom. The molecule has 0 radical (unpaired) electrons. The number of nitrogens with zero attached hydrogens (tertiary/aromatic N) is 2. The lowest BCUT2D eigenvalue weighted by Crippen LogP contribution is -2.41. The van der Waals surface area contributed by atoms with E-state index in [0.717, 1.165) is 74.3 Å². The van der Waals surface area contributed by atoms with Crippen LogP contribution >= 0.6 is 0 Å². The van der Waals surface area contributed by atoms with Crippen LogP contribution in [0.15, 0.2) is 48.5 Å². The SMILES string of the molecule is Cc1ccc(C(=O)N2CCC[C@@H](COc3ccc(C(=O)N4CCCC4)cc3)C2)cc1. The number of aryl methyl sites for hydroxylation is 1. The van der Waals surface area contributed by atoms with Crippen molar-refractivity contribution in [2.75, 3.05) is 32.8 Å². The maximum Gasteiger partial charge on any atom is 0.253 e. The van der Waals surface area contributed by atoms with Crippen LogP contribution in [-0.2, 0) is 0 Å². The summed E-state index contributed by atoms with van der Waals surface area (Å²) in [5.74, 6) is 1.30. The van der Waals surface area contributed by atoms with Crippen molar-refractivity contribution in [3.05, 3.63) is 65.2 Å². The molecule has 4 rings (SSSR count). The van der Waals surface area contributed by atoms with Crippen molar-refractivity contribution >= 4 is 11.8 Å². The predicted molar refractivity (Wildman–Crippen MR) is 117 cm³/mol. The van der Waals surface area contributed by atoms with Gasteiger partial charge in [-0.2, -0.15) is 0 Å². The van der Waals surface area contributed by atoms with Crippen LogP contribution in [0.4, 0.5) is 0 Å². The number of carbonyl (C=O) groups is 2. The highest BCUT2D eigenvalue weighted by atomic mass is 16.5. The maximum absolute atomic E-state index is 12.8. The molecule has 5 nitrogen and oxygen atoms in total. The van der Waals surface area contributed by atoms with Gasteiger partial charge in [0.1, 0.15) is 5.75 Å². The summed E-state index contributed by atoms with van der Waals surface area (Å²) >= 11 is 0. The van der Waals surface area contributed by atoms with Crippen LogP contribution < -0.4 is 4.74 Å². The van der Waals surface area contributed by atoms with Gasteiger partial charge in [-0.3, -0.25) is 9.59 Å². The number of amides is 2. The summed E-state index contributed by atoms with van der Waals surface area (Å²) < 4.78 is 5.99. The minimum absolute atomic E-state index is 0.101. The van der Waals surface area contributed by atoms with Gasteiger partial charge in [-0.1, -0.05) is 17.7 Å². The van der Waals surface area contributed by atoms with Crippen LogP contribution in [0.1, 0.15) is 52.0 Å². The average Bonchev–Trinajstić information content (AvgIpc) is 3.33. The summed E-state index contributed by atoms with van der Waals surface area (Å²) in [6, 6.07) is 15.2. The summed E-state index contributed by atoms with van der Waals surface area (Å²) in [5, 5.41) is 0. The molecule has 2 heterocycles. The Bertz CT molecular complexity index is 870. The Hall–Kier alpha value is -2.82. The van der Waals surface area contributed by atoms with E-state index >= 15 is 0 Å². The van der Waals surface area contributed by atoms with Gasteiger partial charge in [0, 0.05) is 43.2 Å². The van der Waals surface area contributed by atoms with Gasteiger partial charge in [-0.25, -0.2) is 0 Å². The molecule has 0 aromatic heterocycles. The van der Waals surface area contributed by atoms with E-state index in [1.54, 1.807) is 0 Å². The van der Waals surface area contributed by atoms with Crippen LogP contribution in [0.3, 0.4) is 0 Å². The number of likely N-dealkylation sites (tertiary alicyclic amines) is 2. The lowest BCUT2D eigenvalue weighted by Gasteiger charge is -2.32. The Kier molecular flexibility index (Phi) is 6.36. The zero-order valence-corrected chi connectivity index (χ0v) is 17.7. The molecule has 2 aliphatic heterocycles. The molecule has 2 aromatic rings. The van der Waals surface area contributed by atoms with Gasteiger partial charge >= 0.3 is 0 Å². The molecule has 0 aliphatic carbocycles. The Labute approximate surface area is 178 Å². The van der Waals surface area contributed by atoms with E-state index in [1.807, 2.05) is 65.3 Å². The molecule has 0 spiro atoms. The molecule has 2 fully saturated rings. The summed E-state index contributed by atoms with van der Waals surface area (Å²) in [7, 11) is 0. The summed E-state index contributed by atoms with van der Waals surface area (Å²) in [6.07, 6.45) is 4.24. The molecule has 158 valence electrons. The molecule has 2 amide bonds. The molecule has 0 bridgehead atoms. The maximum atomic E-state index is 12.8. The van der Waals surface area contributed by atoms with Crippen molar-refractivity contribution in [1.82, 2.24) is 9.80 Å². The number of piperidine rings is 1. The van der Waals surface area contributed by atoms with Gasteiger partial charge in [-0.05, 0) is 69.0 Å². The van der Waals surface area contributed by atoms with E-state index in [2.05, 4.69) is 0 Å². The summed E-state index contributed by atoms with van der Waals surface area (Å²) in [4.78, 5) is 29.1. The minimum Gasteiger partial charge on any atom is -0.493 e. The molecular weight excluding hydrogens is 376 g/mol. The van der Waals surface area contributed by atoms with Gasteiger partial charge in [0.05, 0.1) is 6.61 Å². The molecular formula is C25H30N2O3. The Balaban J connectivity index is 1.29. The van der Waals surface area contributed by atoms with Gasteiger partial charge in [0.25, 0.3) is 11.8 Å². The number of hydrogen-bond donors (Lipinski definition) is 0. The predicted octanol–water partition coefficient (Wildman–Crippen LogP) is 4.16. The Morgan fingerprint density at radius 3 is 2.07 bits per heavy atom. The number of ether oxygens (including phenoxy) is 1. The van der Waals surface area contributed by atoms with E-state index < -0.39 is 0 Å². The van der Waals surface area contributed by atoms with Crippen LogP contribution in [-0.4, -0.2) is 54.4 Å². The van der Waals surface area contributed by atoms with Crippen molar-refractivity contribution in [3.8, 4) is 5.75 Å². The molecule has 2 aliphatic rings.